The Morgan fingerprint density at radius 3 is 2.78 bits per heavy atom. The Bertz CT molecular complexity index is 459. The number of rotatable bonds is 3. The predicted molar refractivity (Wildman–Crippen MR) is 73.6 cm³/mol. The van der Waals surface area contributed by atoms with Gasteiger partial charge in [-0.3, -0.25) is 0 Å². The van der Waals surface area contributed by atoms with Crippen molar-refractivity contribution >= 4 is 23.3 Å². The van der Waals surface area contributed by atoms with Crippen LogP contribution in [0.25, 0.3) is 0 Å². The fraction of sp³-hybridized carbons (Fsp3) is 0.500. The van der Waals surface area contributed by atoms with Gasteiger partial charge in [0.1, 0.15) is 0 Å². The van der Waals surface area contributed by atoms with Crippen molar-refractivity contribution in [1.82, 2.24) is 0 Å². The van der Waals surface area contributed by atoms with Crippen molar-refractivity contribution in [3.05, 3.63) is 28.8 Å². The molecular weight excluding hydrogens is 250 g/mol. The number of carboxylic acids is 1. The first kappa shape index (κ1) is 13.2. The first-order valence-electron chi connectivity index (χ1n) is 6.30. The highest BCUT2D eigenvalue weighted by Crippen LogP contribution is 2.34. The maximum atomic E-state index is 10.9. The summed E-state index contributed by atoms with van der Waals surface area (Å²) < 4.78 is 0. The number of aromatic carboxylic acids is 1. The summed E-state index contributed by atoms with van der Waals surface area (Å²) in [4.78, 5) is 13.2. The molecule has 1 unspecified atom stereocenters. The summed E-state index contributed by atoms with van der Waals surface area (Å²) >= 11 is 6.22. The Morgan fingerprint density at radius 1 is 1.50 bits per heavy atom. The molecule has 0 bridgehead atoms. The lowest BCUT2D eigenvalue weighted by atomic mass is 10.0. The molecule has 1 aliphatic rings. The first-order chi connectivity index (χ1) is 8.50. The van der Waals surface area contributed by atoms with Gasteiger partial charge in [0.05, 0.1) is 16.3 Å². The van der Waals surface area contributed by atoms with E-state index in [2.05, 4.69) is 18.7 Å². The summed E-state index contributed by atoms with van der Waals surface area (Å²) in [5.74, 6) is -0.368. The number of benzene rings is 1. The third-order valence-electron chi connectivity index (χ3n) is 3.57. The van der Waals surface area contributed by atoms with E-state index < -0.39 is 5.97 Å². The highest BCUT2D eigenvalue weighted by Gasteiger charge is 2.28. The molecule has 1 atom stereocenters. The van der Waals surface area contributed by atoms with Crippen LogP contribution in [0.15, 0.2) is 18.2 Å². The summed E-state index contributed by atoms with van der Waals surface area (Å²) in [5, 5.41) is 9.46. The van der Waals surface area contributed by atoms with E-state index >= 15 is 0 Å². The van der Waals surface area contributed by atoms with Gasteiger partial charge in [0.25, 0.3) is 0 Å². The molecule has 1 heterocycles. The highest BCUT2D eigenvalue weighted by atomic mass is 35.5. The molecule has 0 aromatic heterocycles. The number of anilines is 1. The van der Waals surface area contributed by atoms with Crippen LogP contribution in [0, 0.1) is 5.92 Å². The summed E-state index contributed by atoms with van der Waals surface area (Å²) in [5.41, 5.74) is 1.20. The molecule has 1 N–H and O–H groups in total. The van der Waals surface area contributed by atoms with Crippen LogP contribution in [0.2, 0.25) is 5.02 Å². The first-order valence-corrected chi connectivity index (χ1v) is 6.68. The zero-order chi connectivity index (χ0) is 13.3. The second kappa shape index (κ2) is 5.19. The summed E-state index contributed by atoms with van der Waals surface area (Å²) in [6.07, 6.45) is 2.34. The minimum atomic E-state index is -0.940. The van der Waals surface area contributed by atoms with E-state index in [-0.39, 0.29) is 5.56 Å². The van der Waals surface area contributed by atoms with Gasteiger partial charge in [0.2, 0.25) is 0 Å². The van der Waals surface area contributed by atoms with Crippen LogP contribution in [0.5, 0.6) is 0 Å². The van der Waals surface area contributed by atoms with Crippen LogP contribution in [0.3, 0.4) is 0 Å². The van der Waals surface area contributed by atoms with E-state index in [1.165, 1.54) is 18.9 Å². The fourth-order valence-electron chi connectivity index (χ4n) is 2.66. The molecule has 1 saturated heterocycles. The number of nitrogens with zero attached hydrogens (tertiary/aromatic N) is 1. The molecule has 1 aromatic rings. The highest BCUT2D eigenvalue weighted by molar-refractivity contribution is 6.33. The van der Waals surface area contributed by atoms with Crippen LogP contribution in [0.1, 0.15) is 37.0 Å². The van der Waals surface area contributed by atoms with Crippen molar-refractivity contribution in [2.24, 2.45) is 5.92 Å². The average molecular weight is 268 g/mol. The number of halogens is 1. The topological polar surface area (TPSA) is 40.5 Å². The lowest BCUT2D eigenvalue weighted by Gasteiger charge is -2.30. The third-order valence-corrected chi connectivity index (χ3v) is 3.88. The predicted octanol–water partition coefficient (Wildman–Crippen LogP) is 3.66. The Kier molecular flexibility index (Phi) is 3.81. The van der Waals surface area contributed by atoms with Crippen molar-refractivity contribution in [3.63, 3.8) is 0 Å². The lowest BCUT2D eigenvalue weighted by molar-refractivity contribution is 0.0697. The maximum absolute atomic E-state index is 10.9. The fourth-order valence-corrected chi connectivity index (χ4v) is 2.95. The molecule has 4 heteroatoms. The van der Waals surface area contributed by atoms with Gasteiger partial charge in [-0.25, -0.2) is 4.79 Å². The second-order valence-corrected chi connectivity index (χ2v) is 5.53. The van der Waals surface area contributed by atoms with E-state index in [1.54, 1.807) is 6.07 Å². The van der Waals surface area contributed by atoms with Crippen molar-refractivity contribution in [3.8, 4) is 0 Å². The van der Waals surface area contributed by atoms with E-state index in [9.17, 15) is 4.79 Å². The smallest absolute Gasteiger partial charge is 0.335 e. The molecule has 98 valence electrons. The minimum Gasteiger partial charge on any atom is -0.478 e. The second-order valence-electron chi connectivity index (χ2n) is 5.12. The normalized spacial score (nSPS) is 19.6. The van der Waals surface area contributed by atoms with Crippen LogP contribution < -0.4 is 4.90 Å². The van der Waals surface area contributed by atoms with E-state index in [0.717, 1.165) is 12.2 Å². The van der Waals surface area contributed by atoms with Crippen LogP contribution in [0.4, 0.5) is 5.69 Å². The van der Waals surface area contributed by atoms with Gasteiger partial charge in [-0.2, -0.15) is 0 Å². The quantitative estimate of drug-likeness (QED) is 0.909. The third kappa shape index (κ3) is 2.46. The Labute approximate surface area is 112 Å². The number of hydrogen-bond acceptors (Lipinski definition) is 2. The molecule has 1 aromatic carbocycles. The zero-order valence-electron chi connectivity index (χ0n) is 10.7. The lowest BCUT2D eigenvalue weighted by Crippen LogP contribution is -2.33. The standard InChI is InChI=1S/C14H18ClNO2/c1-9(2)12-4-3-7-16(12)13-6-5-10(14(17)18)8-11(13)15/h5-6,8-9,12H,3-4,7H2,1-2H3,(H,17,18). The zero-order valence-corrected chi connectivity index (χ0v) is 11.4. The van der Waals surface area contributed by atoms with E-state index in [4.69, 9.17) is 16.7 Å². The van der Waals surface area contributed by atoms with Crippen LogP contribution >= 0.6 is 11.6 Å². The van der Waals surface area contributed by atoms with Gasteiger partial charge < -0.3 is 10.0 Å². The number of carboxylic acid groups (broad SMARTS) is 1. The molecule has 0 spiro atoms. The molecule has 1 fully saturated rings. The number of hydrogen-bond donors (Lipinski definition) is 1. The van der Waals surface area contributed by atoms with E-state index in [1.807, 2.05) is 6.07 Å². The van der Waals surface area contributed by atoms with Gasteiger partial charge in [-0.05, 0) is 37.0 Å². The molecule has 1 aliphatic heterocycles. The molecular formula is C14H18ClNO2. The van der Waals surface area contributed by atoms with Crippen molar-refractivity contribution < 1.29 is 9.90 Å². The summed E-state index contributed by atoms with van der Waals surface area (Å²) in [6.45, 7) is 5.42. The van der Waals surface area contributed by atoms with Gasteiger partial charge in [-0.1, -0.05) is 25.4 Å². The van der Waals surface area contributed by atoms with Gasteiger partial charge >= 0.3 is 5.97 Å². The Hall–Kier alpha value is -1.22. The van der Waals surface area contributed by atoms with Gasteiger partial charge in [0.15, 0.2) is 0 Å². The molecule has 3 nitrogen and oxygen atoms in total. The monoisotopic (exact) mass is 267 g/mol. The Balaban J connectivity index is 2.31. The Morgan fingerprint density at radius 2 is 2.22 bits per heavy atom. The van der Waals surface area contributed by atoms with E-state index in [0.29, 0.717) is 17.0 Å². The molecule has 2 rings (SSSR count). The van der Waals surface area contributed by atoms with Crippen molar-refractivity contribution in [1.29, 1.82) is 0 Å². The SMILES string of the molecule is CC(C)C1CCCN1c1ccc(C(=O)O)cc1Cl. The van der Waals surface area contributed by atoms with Gasteiger partial charge in [0, 0.05) is 12.6 Å². The molecule has 0 radical (unpaired) electrons. The van der Waals surface area contributed by atoms with Gasteiger partial charge in [-0.15, -0.1) is 0 Å². The molecule has 18 heavy (non-hydrogen) atoms. The van der Waals surface area contributed by atoms with Crippen molar-refractivity contribution in [2.45, 2.75) is 32.7 Å². The van der Waals surface area contributed by atoms with Crippen LogP contribution in [-0.2, 0) is 0 Å². The summed E-state index contributed by atoms with van der Waals surface area (Å²) in [6, 6.07) is 5.49. The molecule has 0 saturated carbocycles. The summed E-state index contributed by atoms with van der Waals surface area (Å²) in [7, 11) is 0. The molecule has 0 amide bonds. The minimum absolute atomic E-state index is 0.240. The molecule has 0 aliphatic carbocycles. The largest absolute Gasteiger partial charge is 0.478 e. The average Bonchev–Trinajstić information content (AvgIpc) is 2.77. The number of carbonyl (C=O) groups is 1. The van der Waals surface area contributed by atoms with Crippen molar-refractivity contribution in [2.75, 3.05) is 11.4 Å². The maximum Gasteiger partial charge on any atom is 0.335 e. The van der Waals surface area contributed by atoms with Crippen LogP contribution in [-0.4, -0.2) is 23.7 Å².